The van der Waals surface area contributed by atoms with Gasteiger partial charge in [-0.25, -0.2) is 0 Å². The monoisotopic (exact) mass is 127 g/mol. The van der Waals surface area contributed by atoms with E-state index in [0.29, 0.717) is 0 Å². The van der Waals surface area contributed by atoms with Crippen molar-refractivity contribution in [1.29, 1.82) is 0 Å². The number of nitroso groups, excluding NO2 is 1. The average Bonchev–Trinajstić information content (AvgIpc) is 1.87. The van der Waals surface area contributed by atoms with Crippen LogP contribution in [0, 0.1) is 4.91 Å². The molecule has 0 aromatic heterocycles. The van der Waals surface area contributed by atoms with Gasteiger partial charge in [-0.15, -0.1) is 4.91 Å². The summed E-state index contributed by atoms with van der Waals surface area (Å²) in [6.07, 6.45) is 2.02. The zero-order chi connectivity index (χ0) is 7.28. The molecule has 3 heteroatoms. The van der Waals surface area contributed by atoms with Gasteiger partial charge in [-0.3, -0.25) is 4.79 Å². The van der Waals surface area contributed by atoms with Crippen molar-refractivity contribution in [3.8, 4) is 0 Å². The molecule has 0 atom stereocenters. The van der Waals surface area contributed by atoms with Crippen molar-refractivity contribution in [3.05, 3.63) is 16.6 Å². The van der Waals surface area contributed by atoms with Gasteiger partial charge in [0.1, 0.15) is 0 Å². The van der Waals surface area contributed by atoms with E-state index in [1.807, 2.05) is 6.92 Å². The van der Waals surface area contributed by atoms with Crippen LogP contribution in [0.15, 0.2) is 16.8 Å². The van der Waals surface area contributed by atoms with Crippen LogP contribution in [0.4, 0.5) is 0 Å². The minimum Gasteiger partial charge on any atom is -0.264 e. The van der Waals surface area contributed by atoms with E-state index in [-0.39, 0.29) is 0 Å². The molecule has 0 radical (unpaired) electrons. The van der Waals surface area contributed by atoms with E-state index in [4.69, 9.17) is 0 Å². The predicted molar refractivity (Wildman–Crippen MR) is 34.9 cm³/mol. The van der Waals surface area contributed by atoms with E-state index in [1.165, 1.54) is 6.08 Å². The van der Waals surface area contributed by atoms with Crippen molar-refractivity contribution in [1.82, 2.24) is 0 Å². The Morgan fingerprint density at radius 1 is 1.67 bits per heavy atom. The van der Waals surface area contributed by atoms with Gasteiger partial charge in [-0.05, 0) is 13.3 Å². The van der Waals surface area contributed by atoms with Crippen LogP contribution in [-0.2, 0) is 4.79 Å². The fourth-order valence-corrected chi connectivity index (χ4v) is 0.339. The molecule has 50 valence electrons. The van der Waals surface area contributed by atoms with Crippen LogP contribution in [0.3, 0.4) is 0 Å². The smallest absolute Gasteiger partial charge is 0.264 e. The normalized spacial score (nSPS) is 11.1. The maximum absolute atomic E-state index is 10.2. The van der Waals surface area contributed by atoms with Gasteiger partial charge in [0.15, 0.2) is 0 Å². The molecule has 0 aliphatic carbocycles. The summed E-state index contributed by atoms with van der Waals surface area (Å²) in [5.74, 6) is -0.700. The highest BCUT2D eigenvalue weighted by Crippen LogP contribution is 1.97. The van der Waals surface area contributed by atoms with Crippen LogP contribution in [0.1, 0.15) is 20.3 Å². The van der Waals surface area contributed by atoms with E-state index >= 15 is 0 Å². The minimum atomic E-state index is -0.700. The quantitative estimate of drug-likeness (QED) is 0.418. The Morgan fingerprint density at radius 2 is 2.22 bits per heavy atom. The van der Waals surface area contributed by atoms with Crippen LogP contribution in [0.25, 0.3) is 0 Å². The van der Waals surface area contributed by atoms with Crippen molar-refractivity contribution in [2.75, 3.05) is 0 Å². The van der Waals surface area contributed by atoms with Gasteiger partial charge in [0.05, 0.1) is 0 Å². The van der Waals surface area contributed by atoms with Crippen LogP contribution in [-0.4, -0.2) is 5.91 Å². The summed E-state index contributed by atoms with van der Waals surface area (Å²) in [7, 11) is 0. The van der Waals surface area contributed by atoms with Crippen molar-refractivity contribution in [3.63, 3.8) is 0 Å². The first-order valence-electron chi connectivity index (χ1n) is 2.75. The van der Waals surface area contributed by atoms with E-state index in [1.54, 1.807) is 6.92 Å². The number of nitrogens with zero attached hydrogens (tertiary/aromatic N) is 1. The third-order valence-corrected chi connectivity index (χ3v) is 1.02. The first kappa shape index (κ1) is 8.01. The highest BCUT2D eigenvalue weighted by molar-refractivity contribution is 5.88. The summed E-state index contributed by atoms with van der Waals surface area (Å²) in [5.41, 5.74) is 0.875. The maximum Gasteiger partial charge on any atom is 0.309 e. The molecule has 0 N–H and O–H groups in total. The molecule has 0 rings (SSSR count). The van der Waals surface area contributed by atoms with Crippen LogP contribution >= 0.6 is 0 Å². The molecular weight excluding hydrogens is 118 g/mol. The van der Waals surface area contributed by atoms with Crippen LogP contribution < -0.4 is 0 Å². The Hall–Kier alpha value is -0.990. The molecule has 1 amide bonds. The highest BCUT2D eigenvalue weighted by Gasteiger charge is 1.92. The Morgan fingerprint density at radius 3 is 2.56 bits per heavy atom. The fraction of sp³-hybridized carbons (Fsp3) is 0.500. The summed E-state index contributed by atoms with van der Waals surface area (Å²) in [6.45, 7) is 3.69. The second kappa shape index (κ2) is 3.95. The zero-order valence-corrected chi connectivity index (χ0v) is 5.55. The summed E-state index contributed by atoms with van der Waals surface area (Å²) < 4.78 is 0. The van der Waals surface area contributed by atoms with E-state index in [0.717, 1.165) is 12.0 Å². The summed E-state index contributed by atoms with van der Waals surface area (Å²) in [4.78, 5) is 19.7. The van der Waals surface area contributed by atoms with Crippen molar-refractivity contribution < 1.29 is 4.79 Å². The van der Waals surface area contributed by atoms with E-state index in [9.17, 15) is 9.70 Å². The minimum absolute atomic E-state index is 0.700. The number of hydrogen-bond donors (Lipinski definition) is 0. The Balaban J connectivity index is 3.94. The van der Waals surface area contributed by atoms with Gasteiger partial charge in [-0.1, -0.05) is 12.5 Å². The third-order valence-electron chi connectivity index (χ3n) is 1.02. The molecule has 3 nitrogen and oxygen atoms in total. The van der Waals surface area contributed by atoms with E-state index in [2.05, 4.69) is 5.18 Å². The molecule has 0 bridgehead atoms. The van der Waals surface area contributed by atoms with E-state index < -0.39 is 5.91 Å². The number of rotatable bonds is 2. The highest BCUT2D eigenvalue weighted by atomic mass is 16.3. The maximum atomic E-state index is 10.2. The summed E-state index contributed by atoms with van der Waals surface area (Å²) >= 11 is 0. The Kier molecular flexibility index (Phi) is 3.51. The third kappa shape index (κ3) is 3.58. The second-order valence-electron chi connectivity index (χ2n) is 1.77. The lowest BCUT2D eigenvalue weighted by atomic mass is 10.2. The molecule has 0 saturated heterocycles. The molecule has 0 fully saturated rings. The van der Waals surface area contributed by atoms with Gasteiger partial charge in [0, 0.05) is 11.3 Å². The first-order valence-corrected chi connectivity index (χ1v) is 2.75. The molecule has 0 heterocycles. The van der Waals surface area contributed by atoms with Gasteiger partial charge in [-0.2, -0.15) is 0 Å². The van der Waals surface area contributed by atoms with Crippen LogP contribution in [0.2, 0.25) is 0 Å². The predicted octanol–water partition coefficient (Wildman–Crippen LogP) is 1.64. The molecule has 0 unspecified atom stereocenters. The molecule has 0 aromatic carbocycles. The van der Waals surface area contributed by atoms with Gasteiger partial charge < -0.3 is 0 Å². The number of hydrogen-bond acceptors (Lipinski definition) is 2. The zero-order valence-electron chi connectivity index (χ0n) is 5.55. The first-order chi connectivity index (χ1) is 4.20. The van der Waals surface area contributed by atoms with Gasteiger partial charge >= 0.3 is 5.91 Å². The van der Waals surface area contributed by atoms with Gasteiger partial charge in [0.2, 0.25) is 0 Å². The molecule has 0 aliphatic rings. The molecule has 0 aliphatic heterocycles. The average molecular weight is 127 g/mol. The molecule has 0 aromatic rings. The van der Waals surface area contributed by atoms with Gasteiger partial charge in [0.25, 0.3) is 0 Å². The van der Waals surface area contributed by atoms with Crippen LogP contribution in [0.5, 0.6) is 0 Å². The molecular formula is C6H9NO2. The Bertz CT molecular complexity index is 149. The van der Waals surface area contributed by atoms with Crippen molar-refractivity contribution in [2.24, 2.45) is 5.18 Å². The number of allylic oxidation sites excluding steroid dienone is 1. The lowest BCUT2D eigenvalue weighted by molar-refractivity contribution is -0.113. The number of amides is 1. The molecule has 9 heavy (non-hydrogen) atoms. The molecule has 0 saturated carbocycles. The summed E-state index contributed by atoms with van der Waals surface area (Å²) in [6, 6.07) is 0. The standard InChI is InChI=1S/C6H9NO2/c1-3-5(2)4-6(8)7-9/h4H,3H2,1-2H3/b5-4+. The lowest BCUT2D eigenvalue weighted by Crippen LogP contribution is -1.85. The number of carbonyl (C=O) groups is 1. The fourth-order valence-electron chi connectivity index (χ4n) is 0.339. The molecule has 0 spiro atoms. The lowest BCUT2D eigenvalue weighted by Gasteiger charge is -1.87. The largest absolute Gasteiger partial charge is 0.309 e. The summed E-state index contributed by atoms with van der Waals surface area (Å²) in [5, 5.41) is 2.21. The van der Waals surface area contributed by atoms with Crippen molar-refractivity contribution >= 4 is 5.91 Å². The Labute approximate surface area is 53.7 Å². The topological polar surface area (TPSA) is 46.5 Å². The number of carbonyl (C=O) groups excluding carboxylic acids is 1. The van der Waals surface area contributed by atoms with Crippen molar-refractivity contribution in [2.45, 2.75) is 20.3 Å². The SMILES string of the molecule is CC/C(C)=C/C(=O)N=O. The second-order valence-corrected chi connectivity index (χ2v) is 1.77.